The van der Waals surface area contributed by atoms with E-state index >= 15 is 0 Å². The average Bonchev–Trinajstić information content (AvgIpc) is 3.17. The van der Waals surface area contributed by atoms with E-state index in [2.05, 4.69) is 5.32 Å². The van der Waals surface area contributed by atoms with E-state index in [0.717, 1.165) is 13.2 Å². The Bertz CT molecular complexity index is 435. The lowest BCUT2D eigenvalue weighted by Gasteiger charge is -2.37. The van der Waals surface area contributed by atoms with Crippen molar-refractivity contribution in [2.45, 2.75) is 44.1 Å². The van der Waals surface area contributed by atoms with Crippen molar-refractivity contribution in [2.75, 3.05) is 20.3 Å². The summed E-state index contributed by atoms with van der Waals surface area (Å²) in [5.74, 6) is 0.471. The molecule has 2 fully saturated rings. The van der Waals surface area contributed by atoms with Gasteiger partial charge < -0.3 is 10.1 Å². The normalized spacial score (nSPS) is 27.1. The molecule has 1 aromatic carbocycles. The minimum absolute atomic E-state index is 0.142. The summed E-state index contributed by atoms with van der Waals surface area (Å²) in [5.41, 5.74) is 1.81. The second-order valence-corrected chi connectivity index (χ2v) is 6.54. The fraction of sp³-hybridized carbons (Fsp3) is 0.647. The zero-order valence-corrected chi connectivity index (χ0v) is 12.2. The molecule has 2 aliphatic carbocycles. The first-order valence-electron chi connectivity index (χ1n) is 7.69. The minimum atomic E-state index is -0.142. The van der Waals surface area contributed by atoms with Gasteiger partial charge in [-0.2, -0.15) is 0 Å². The molecule has 2 aliphatic rings. The van der Waals surface area contributed by atoms with Crippen LogP contribution >= 0.6 is 0 Å². The minimum Gasteiger partial charge on any atom is -0.385 e. The fourth-order valence-electron chi connectivity index (χ4n) is 3.16. The predicted molar refractivity (Wildman–Crippen MR) is 78.3 cm³/mol. The molecule has 2 nitrogen and oxygen atoms in total. The second-order valence-electron chi connectivity index (χ2n) is 6.54. The van der Waals surface area contributed by atoms with Gasteiger partial charge in [0, 0.05) is 26.3 Å². The van der Waals surface area contributed by atoms with Crippen LogP contribution < -0.4 is 5.32 Å². The van der Waals surface area contributed by atoms with Crippen LogP contribution in [0.5, 0.6) is 0 Å². The van der Waals surface area contributed by atoms with Gasteiger partial charge in [-0.15, -0.1) is 0 Å². The standard InChI is InChI=1S/C17H24FNO/c1-20-9-8-17(6-7-17)12-19-16-10-14(11-16)13-2-4-15(18)5-3-13/h2-5,14,16,19H,6-12H2,1H3. The van der Waals surface area contributed by atoms with Crippen molar-refractivity contribution in [1.29, 1.82) is 0 Å². The Hall–Kier alpha value is -0.930. The van der Waals surface area contributed by atoms with Gasteiger partial charge in [0.05, 0.1) is 0 Å². The molecule has 110 valence electrons. The zero-order valence-electron chi connectivity index (χ0n) is 12.2. The maximum Gasteiger partial charge on any atom is 0.123 e. The average molecular weight is 277 g/mol. The van der Waals surface area contributed by atoms with E-state index in [-0.39, 0.29) is 5.82 Å². The fourth-order valence-corrected chi connectivity index (χ4v) is 3.16. The van der Waals surface area contributed by atoms with Gasteiger partial charge in [0.2, 0.25) is 0 Å². The van der Waals surface area contributed by atoms with Crippen LogP contribution in [0.2, 0.25) is 0 Å². The number of hydrogen-bond donors (Lipinski definition) is 1. The molecule has 0 saturated heterocycles. The molecular weight excluding hydrogens is 253 g/mol. The molecule has 0 aromatic heterocycles. The van der Waals surface area contributed by atoms with E-state index in [4.69, 9.17) is 4.74 Å². The molecule has 0 atom stereocenters. The van der Waals surface area contributed by atoms with Crippen molar-refractivity contribution in [2.24, 2.45) is 5.41 Å². The van der Waals surface area contributed by atoms with Crippen LogP contribution in [0.1, 0.15) is 43.6 Å². The monoisotopic (exact) mass is 277 g/mol. The quantitative estimate of drug-likeness (QED) is 0.824. The third-order valence-corrected chi connectivity index (χ3v) is 5.04. The zero-order chi connectivity index (χ0) is 14.0. The third-order valence-electron chi connectivity index (χ3n) is 5.04. The summed E-state index contributed by atoms with van der Waals surface area (Å²) < 4.78 is 18.1. The molecule has 1 aromatic rings. The molecule has 2 saturated carbocycles. The molecule has 0 bridgehead atoms. The first-order valence-corrected chi connectivity index (χ1v) is 7.69. The topological polar surface area (TPSA) is 21.3 Å². The molecule has 0 unspecified atom stereocenters. The summed E-state index contributed by atoms with van der Waals surface area (Å²) in [5, 5.41) is 3.71. The highest BCUT2D eigenvalue weighted by molar-refractivity contribution is 5.23. The van der Waals surface area contributed by atoms with Crippen LogP contribution in [0.25, 0.3) is 0 Å². The smallest absolute Gasteiger partial charge is 0.123 e. The molecule has 1 N–H and O–H groups in total. The van der Waals surface area contributed by atoms with E-state index in [0.29, 0.717) is 17.4 Å². The largest absolute Gasteiger partial charge is 0.385 e. The van der Waals surface area contributed by atoms with Crippen molar-refractivity contribution >= 4 is 0 Å². The van der Waals surface area contributed by atoms with Crippen molar-refractivity contribution in [3.63, 3.8) is 0 Å². The molecule has 20 heavy (non-hydrogen) atoms. The van der Waals surface area contributed by atoms with Gasteiger partial charge in [-0.25, -0.2) is 4.39 Å². The summed E-state index contributed by atoms with van der Waals surface area (Å²) in [6, 6.07) is 7.64. The Morgan fingerprint density at radius 3 is 2.55 bits per heavy atom. The Balaban J connectivity index is 1.39. The number of hydrogen-bond acceptors (Lipinski definition) is 2. The van der Waals surface area contributed by atoms with Crippen LogP contribution in [0.15, 0.2) is 24.3 Å². The molecule has 0 radical (unpaired) electrons. The van der Waals surface area contributed by atoms with Crippen LogP contribution in [-0.2, 0) is 4.74 Å². The second kappa shape index (κ2) is 5.82. The number of methoxy groups -OCH3 is 1. The molecule has 0 heterocycles. The van der Waals surface area contributed by atoms with Crippen molar-refractivity contribution in [1.82, 2.24) is 5.32 Å². The number of nitrogens with one attached hydrogen (secondary N) is 1. The Morgan fingerprint density at radius 1 is 1.25 bits per heavy atom. The number of rotatable bonds is 7. The summed E-state index contributed by atoms with van der Waals surface area (Å²) in [7, 11) is 1.78. The number of ether oxygens (including phenoxy) is 1. The summed E-state index contributed by atoms with van der Waals surface area (Å²) >= 11 is 0. The molecule has 0 aliphatic heterocycles. The van der Waals surface area contributed by atoms with Gasteiger partial charge in [0.15, 0.2) is 0 Å². The highest BCUT2D eigenvalue weighted by Gasteiger charge is 2.42. The molecule has 0 spiro atoms. The molecule has 3 rings (SSSR count). The molecular formula is C17H24FNO. The van der Waals surface area contributed by atoms with Crippen LogP contribution in [-0.4, -0.2) is 26.3 Å². The maximum atomic E-state index is 12.9. The van der Waals surface area contributed by atoms with Crippen LogP contribution in [0.4, 0.5) is 4.39 Å². The molecule has 0 amide bonds. The van der Waals surface area contributed by atoms with Crippen molar-refractivity contribution < 1.29 is 9.13 Å². The Morgan fingerprint density at radius 2 is 1.95 bits per heavy atom. The van der Waals surface area contributed by atoms with E-state index in [1.807, 2.05) is 12.1 Å². The van der Waals surface area contributed by atoms with E-state index in [1.165, 1.54) is 37.7 Å². The van der Waals surface area contributed by atoms with Gasteiger partial charge in [-0.05, 0) is 61.1 Å². The van der Waals surface area contributed by atoms with Crippen LogP contribution in [0.3, 0.4) is 0 Å². The summed E-state index contributed by atoms with van der Waals surface area (Å²) in [6.45, 7) is 2.02. The van der Waals surface area contributed by atoms with Crippen molar-refractivity contribution in [3.8, 4) is 0 Å². The predicted octanol–water partition coefficient (Wildman–Crippen LogP) is 3.48. The van der Waals surface area contributed by atoms with Gasteiger partial charge in [0.25, 0.3) is 0 Å². The Kier molecular flexibility index (Phi) is 4.08. The first-order chi connectivity index (χ1) is 9.71. The van der Waals surface area contributed by atoms with E-state index < -0.39 is 0 Å². The van der Waals surface area contributed by atoms with Crippen molar-refractivity contribution in [3.05, 3.63) is 35.6 Å². The summed E-state index contributed by atoms with van der Waals surface area (Å²) in [4.78, 5) is 0. The van der Waals surface area contributed by atoms with Gasteiger partial charge in [0.1, 0.15) is 5.82 Å². The first kappa shape index (κ1) is 14.0. The van der Waals surface area contributed by atoms with Gasteiger partial charge in [-0.3, -0.25) is 0 Å². The van der Waals surface area contributed by atoms with E-state index in [1.54, 1.807) is 19.2 Å². The maximum absolute atomic E-state index is 12.9. The molecule has 3 heteroatoms. The van der Waals surface area contributed by atoms with E-state index in [9.17, 15) is 4.39 Å². The van der Waals surface area contributed by atoms with Gasteiger partial charge in [-0.1, -0.05) is 12.1 Å². The van der Waals surface area contributed by atoms with Crippen LogP contribution in [0, 0.1) is 11.2 Å². The number of benzene rings is 1. The van der Waals surface area contributed by atoms with Gasteiger partial charge >= 0.3 is 0 Å². The highest BCUT2D eigenvalue weighted by atomic mass is 19.1. The summed E-state index contributed by atoms with van der Waals surface area (Å²) in [6.07, 6.45) is 6.25. The Labute approximate surface area is 120 Å². The lowest BCUT2D eigenvalue weighted by Crippen LogP contribution is -2.42. The lowest BCUT2D eigenvalue weighted by molar-refractivity contribution is 0.166. The lowest BCUT2D eigenvalue weighted by atomic mass is 9.75. The number of halogens is 1. The third kappa shape index (κ3) is 3.21. The SMILES string of the molecule is COCCC1(CNC2CC(c3ccc(F)cc3)C2)CC1. The highest BCUT2D eigenvalue weighted by Crippen LogP contribution is 2.48.